The van der Waals surface area contributed by atoms with Crippen LogP contribution in [0.25, 0.3) is 17.2 Å². The van der Waals surface area contributed by atoms with Gasteiger partial charge >= 0.3 is 0 Å². The van der Waals surface area contributed by atoms with E-state index in [4.69, 9.17) is 9.47 Å². The van der Waals surface area contributed by atoms with Crippen LogP contribution in [-0.2, 0) is 10.0 Å². The van der Waals surface area contributed by atoms with Crippen LogP contribution >= 0.6 is 0 Å². The average Bonchev–Trinajstić information content (AvgIpc) is 3.29. The summed E-state index contributed by atoms with van der Waals surface area (Å²) in [5.41, 5.74) is 2.58. The molecule has 11 nitrogen and oxygen atoms in total. The smallest absolute Gasteiger partial charge is 0.243 e. The lowest BCUT2D eigenvalue weighted by atomic mass is 10.1. The molecule has 1 N–H and O–H groups in total. The van der Waals surface area contributed by atoms with E-state index in [1.54, 1.807) is 50.5 Å². The number of nitrogens with zero attached hydrogens (tertiary/aromatic N) is 6. The highest BCUT2D eigenvalue weighted by Crippen LogP contribution is 2.37. The molecule has 0 aliphatic heterocycles. The lowest BCUT2D eigenvalue weighted by Gasteiger charge is -2.21. The monoisotopic (exact) mass is 523 g/mol. The Bertz CT molecular complexity index is 1480. The lowest BCUT2D eigenvalue weighted by Crippen LogP contribution is -2.31. The Morgan fingerprint density at radius 3 is 2.14 bits per heavy atom. The van der Waals surface area contributed by atoms with Gasteiger partial charge in [0.1, 0.15) is 28.7 Å². The highest BCUT2D eigenvalue weighted by molar-refractivity contribution is 7.93. The van der Waals surface area contributed by atoms with E-state index < -0.39 is 21.2 Å². The maximum absolute atomic E-state index is 13.5. The van der Waals surface area contributed by atoms with E-state index in [1.807, 2.05) is 26.0 Å². The molecular formula is C25H29N7O4S. The number of hydrogen-bond donors (Lipinski definition) is 1. The van der Waals surface area contributed by atoms with Crippen molar-refractivity contribution in [3.8, 4) is 28.7 Å². The van der Waals surface area contributed by atoms with Gasteiger partial charge in [-0.25, -0.2) is 23.4 Å². The van der Waals surface area contributed by atoms with Gasteiger partial charge in [0.05, 0.1) is 19.5 Å². The normalized spacial score (nSPS) is 13.1. The molecule has 0 amide bonds. The van der Waals surface area contributed by atoms with Crippen LogP contribution in [0.15, 0.2) is 48.8 Å². The van der Waals surface area contributed by atoms with Crippen LogP contribution in [0.1, 0.15) is 36.8 Å². The third kappa shape index (κ3) is 5.24. The van der Waals surface area contributed by atoms with E-state index in [0.29, 0.717) is 34.5 Å². The Kier molecular flexibility index (Phi) is 7.39. The molecule has 0 radical (unpaired) electrons. The first-order valence-corrected chi connectivity index (χ1v) is 13.1. The summed E-state index contributed by atoms with van der Waals surface area (Å²) in [4.78, 5) is 13.2. The van der Waals surface area contributed by atoms with E-state index >= 15 is 0 Å². The molecule has 1 aromatic carbocycles. The van der Waals surface area contributed by atoms with Crippen molar-refractivity contribution in [3.05, 3.63) is 65.9 Å². The van der Waals surface area contributed by atoms with Gasteiger partial charge in [-0.15, -0.1) is 10.2 Å². The molecular weight excluding hydrogens is 494 g/mol. The summed E-state index contributed by atoms with van der Waals surface area (Å²) >= 11 is 0. The van der Waals surface area contributed by atoms with Gasteiger partial charge in [-0.05, 0) is 50.6 Å². The Labute approximate surface area is 216 Å². The zero-order valence-corrected chi connectivity index (χ0v) is 22.3. The fraction of sp³-hybridized carbons (Fsp3) is 0.320. The van der Waals surface area contributed by atoms with Crippen molar-refractivity contribution in [1.29, 1.82) is 0 Å². The van der Waals surface area contributed by atoms with Crippen LogP contribution in [-0.4, -0.2) is 57.6 Å². The summed E-state index contributed by atoms with van der Waals surface area (Å²) in [5, 5.41) is 7.61. The number of sulfonamides is 1. The van der Waals surface area contributed by atoms with Crippen molar-refractivity contribution in [1.82, 2.24) is 29.7 Å². The topological polar surface area (TPSA) is 134 Å². The zero-order chi connectivity index (χ0) is 26.7. The van der Waals surface area contributed by atoms with Gasteiger partial charge in [0.2, 0.25) is 16.0 Å². The minimum Gasteiger partial charge on any atom is -0.494 e. The van der Waals surface area contributed by atoms with Crippen molar-refractivity contribution in [2.45, 2.75) is 38.9 Å². The third-order valence-corrected chi connectivity index (χ3v) is 7.90. The van der Waals surface area contributed by atoms with Crippen LogP contribution in [0.4, 0.5) is 5.95 Å². The molecule has 2 atom stereocenters. The summed E-state index contributed by atoms with van der Waals surface area (Å²) in [5.74, 6) is 1.08. The first-order valence-electron chi connectivity index (χ1n) is 11.6. The SMILES string of the molecule is COc1cccc(OC)c1-n1c(NS(=O)(=O)[C@@H](C)[C@H](C)c2ncc(C)cn2)nnc1-c1cccc(C)n1. The quantitative estimate of drug-likeness (QED) is 0.348. The lowest BCUT2D eigenvalue weighted by molar-refractivity contribution is 0.391. The Hall–Kier alpha value is -4.06. The van der Waals surface area contributed by atoms with Crippen molar-refractivity contribution < 1.29 is 17.9 Å². The fourth-order valence-corrected chi connectivity index (χ4v) is 5.02. The maximum atomic E-state index is 13.5. The number of aryl methyl sites for hydroxylation is 2. The molecule has 37 heavy (non-hydrogen) atoms. The standard InChI is InChI=1S/C25H29N7O4S/c1-15-13-26-23(27-14-15)17(3)18(4)37(33,34)31-25-30-29-24(19-10-7-9-16(2)28-19)32(25)22-20(35-5)11-8-12-21(22)36-6/h7-14,17-18H,1-6H3,(H,30,31)/t17-,18-/m0/s1. The number of nitrogens with one attached hydrogen (secondary N) is 1. The van der Waals surface area contributed by atoms with Crippen LogP contribution in [0.5, 0.6) is 11.5 Å². The molecule has 0 saturated heterocycles. The Balaban J connectivity index is 1.83. The van der Waals surface area contributed by atoms with Gasteiger partial charge < -0.3 is 9.47 Å². The van der Waals surface area contributed by atoms with Crippen LogP contribution in [0.2, 0.25) is 0 Å². The first-order chi connectivity index (χ1) is 17.7. The van der Waals surface area contributed by atoms with Crippen LogP contribution < -0.4 is 14.2 Å². The molecule has 0 fully saturated rings. The number of ether oxygens (including phenoxy) is 2. The zero-order valence-electron chi connectivity index (χ0n) is 21.5. The summed E-state index contributed by atoms with van der Waals surface area (Å²) in [7, 11) is -0.940. The van der Waals surface area contributed by atoms with Crippen molar-refractivity contribution in [2.75, 3.05) is 18.9 Å². The molecule has 12 heteroatoms. The van der Waals surface area contributed by atoms with Crippen molar-refractivity contribution >= 4 is 16.0 Å². The van der Waals surface area contributed by atoms with Crippen molar-refractivity contribution in [3.63, 3.8) is 0 Å². The predicted molar refractivity (Wildman–Crippen MR) is 140 cm³/mol. The molecule has 4 rings (SSSR count). The second kappa shape index (κ2) is 10.5. The molecule has 194 valence electrons. The van der Waals surface area contributed by atoms with Gasteiger partial charge in [-0.1, -0.05) is 19.1 Å². The minimum absolute atomic E-state index is 0.0371. The van der Waals surface area contributed by atoms with E-state index in [-0.39, 0.29) is 5.95 Å². The van der Waals surface area contributed by atoms with Gasteiger partial charge in [0.25, 0.3) is 0 Å². The number of hydrogen-bond acceptors (Lipinski definition) is 9. The largest absolute Gasteiger partial charge is 0.494 e. The van der Waals surface area contributed by atoms with Crippen molar-refractivity contribution in [2.24, 2.45) is 0 Å². The molecule has 3 heterocycles. The number of para-hydroxylation sites is 1. The van der Waals surface area contributed by atoms with Gasteiger partial charge in [0.15, 0.2) is 5.82 Å². The van der Waals surface area contributed by atoms with Crippen LogP contribution in [0.3, 0.4) is 0 Å². The second-order valence-electron chi connectivity index (χ2n) is 8.62. The summed E-state index contributed by atoms with van der Waals surface area (Å²) in [6.45, 7) is 7.10. The first kappa shape index (κ1) is 26.0. The van der Waals surface area contributed by atoms with Crippen LogP contribution in [0, 0.1) is 13.8 Å². The highest BCUT2D eigenvalue weighted by atomic mass is 32.2. The molecule has 0 saturated carbocycles. The van der Waals surface area contributed by atoms with Gasteiger partial charge in [-0.2, -0.15) is 0 Å². The molecule has 0 bridgehead atoms. The number of benzene rings is 1. The third-order valence-electron chi connectivity index (χ3n) is 6.04. The summed E-state index contributed by atoms with van der Waals surface area (Å²) < 4.78 is 42.4. The number of rotatable bonds is 9. The second-order valence-corrected chi connectivity index (χ2v) is 10.7. The molecule has 0 spiro atoms. The minimum atomic E-state index is -3.97. The molecule has 3 aromatic heterocycles. The Morgan fingerprint density at radius 1 is 0.919 bits per heavy atom. The fourth-order valence-electron chi connectivity index (χ4n) is 3.78. The summed E-state index contributed by atoms with van der Waals surface area (Å²) in [6, 6.07) is 10.7. The predicted octanol–water partition coefficient (Wildman–Crippen LogP) is 3.69. The number of anilines is 1. The van der Waals surface area contributed by atoms with E-state index in [2.05, 4.69) is 29.9 Å². The molecule has 0 unspecified atom stereocenters. The average molecular weight is 524 g/mol. The summed E-state index contributed by atoms with van der Waals surface area (Å²) in [6.07, 6.45) is 3.33. The highest BCUT2D eigenvalue weighted by Gasteiger charge is 2.32. The van der Waals surface area contributed by atoms with E-state index in [0.717, 1.165) is 11.3 Å². The number of pyridine rings is 1. The molecule has 0 aliphatic rings. The molecule has 4 aromatic rings. The maximum Gasteiger partial charge on any atom is 0.243 e. The van der Waals surface area contributed by atoms with E-state index in [1.165, 1.54) is 18.8 Å². The molecule has 0 aliphatic carbocycles. The van der Waals surface area contributed by atoms with E-state index in [9.17, 15) is 8.42 Å². The van der Waals surface area contributed by atoms with Gasteiger partial charge in [-0.3, -0.25) is 9.29 Å². The Morgan fingerprint density at radius 2 is 1.54 bits per heavy atom. The number of methoxy groups -OCH3 is 2. The van der Waals surface area contributed by atoms with Gasteiger partial charge in [0, 0.05) is 24.0 Å². The number of aromatic nitrogens is 6.